The van der Waals surface area contributed by atoms with Crippen molar-refractivity contribution in [2.75, 3.05) is 23.4 Å². The first-order chi connectivity index (χ1) is 32.6. The third-order valence-corrected chi connectivity index (χ3v) is 14.6. The zero-order chi connectivity index (χ0) is 52.7. The zero-order valence-corrected chi connectivity index (χ0v) is 39.1. The molecule has 2 aliphatic rings. The lowest BCUT2D eigenvalue weighted by Crippen LogP contribution is -2.38. The molecule has 3 atom stereocenters. The summed E-state index contributed by atoms with van der Waals surface area (Å²) in [5, 5.41) is 17.3. The number of carboxylic acids is 1. The summed E-state index contributed by atoms with van der Waals surface area (Å²) in [5.74, 6) is -8.20. The summed E-state index contributed by atoms with van der Waals surface area (Å²) >= 11 is 6.52. The number of carboxylic acid groups (broad SMARTS) is 1. The number of ether oxygens (including phenoxy) is 1. The van der Waals surface area contributed by atoms with Gasteiger partial charge in [-0.3, -0.25) is 14.2 Å². The molecule has 0 aliphatic heterocycles. The average molecular weight is 1070 g/mol. The average Bonchev–Trinajstić information content (AvgIpc) is 3.73. The Morgan fingerprint density at radius 2 is 1.61 bits per heavy atom. The number of fused-ring (bicyclic) bond motifs is 4. The van der Waals surface area contributed by atoms with E-state index in [9.17, 15) is 66.3 Å². The van der Waals surface area contributed by atoms with Crippen LogP contribution < -0.4 is 9.62 Å². The van der Waals surface area contributed by atoms with E-state index in [2.05, 4.69) is 37.1 Å². The molecule has 2 aromatic carbocycles. The van der Waals surface area contributed by atoms with Crippen LogP contribution in [0.3, 0.4) is 0 Å². The zero-order valence-electron chi connectivity index (χ0n) is 36.7. The van der Waals surface area contributed by atoms with Crippen LogP contribution in [0.4, 0.5) is 54.5 Å². The Kier molecular flexibility index (Phi) is 13.3. The van der Waals surface area contributed by atoms with Crippen molar-refractivity contribution in [2.45, 2.75) is 74.8 Å². The van der Waals surface area contributed by atoms with E-state index in [0.29, 0.717) is 12.3 Å². The molecule has 3 heterocycles. The number of nitrogens with zero attached hydrogens (tertiary/aromatic N) is 6. The van der Waals surface area contributed by atoms with Crippen LogP contribution in [0.15, 0.2) is 42.5 Å². The van der Waals surface area contributed by atoms with Gasteiger partial charge in [0.2, 0.25) is 15.9 Å². The Morgan fingerprint density at radius 3 is 2.18 bits per heavy atom. The van der Waals surface area contributed by atoms with Crippen LogP contribution in [-0.4, -0.2) is 94.5 Å². The number of amides is 2. The SMILES string of the molecule is CC(C)(C#Cc1ccc(-c2ccc(Cl)c3c(N(C(=O)OCC(=O)O)S(C)(=O)=O)nn(CC(F)(F)F)c23)c([C@H](Cc2cc(F)cc(F)c2)NC(=O)Cn2nc(C(F)(F)F)c3c2C(F)(F)[C@@H]2C[C@H]32)n1)S(C)(=O)=O. The van der Waals surface area contributed by atoms with Crippen molar-refractivity contribution < 1.29 is 85.0 Å². The number of carbonyl (C=O) groups excluding carboxylic acids is 2. The Morgan fingerprint density at radius 1 is 0.972 bits per heavy atom. The van der Waals surface area contributed by atoms with Crippen molar-refractivity contribution in [3.8, 4) is 23.0 Å². The summed E-state index contributed by atoms with van der Waals surface area (Å²) in [4.78, 5) is 43.0. The number of sulfonamides is 1. The van der Waals surface area contributed by atoms with Gasteiger partial charge >= 0.3 is 24.4 Å². The molecule has 5 aromatic rings. The summed E-state index contributed by atoms with van der Waals surface area (Å²) in [6.07, 6.45) is -12.2. The van der Waals surface area contributed by atoms with Gasteiger partial charge in [-0.05, 0) is 74.4 Å². The van der Waals surface area contributed by atoms with Gasteiger partial charge in [-0.2, -0.15) is 49.6 Å². The van der Waals surface area contributed by atoms with Gasteiger partial charge in [-0.1, -0.05) is 23.6 Å². The summed E-state index contributed by atoms with van der Waals surface area (Å²) in [6, 6.07) is 4.38. The predicted octanol–water partition coefficient (Wildman–Crippen LogP) is 7.28. The second-order valence-electron chi connectivity index (χ2n) is 17.0. The highest BCUT2D eigenvalue weighted by Gasteiger charge is 2.68. The van der Waals surface area contributed by atoms with Gasteiger partial charge in [0.1, 0.15) is 40.9 Å². The largest absolute Gasteiger partial charge is 0.479 e. The molecular formula is C42H34ClF10N7O9S2. The third-order valence-electron chi connectivity index (χ3n) is 11.3. The first kappa shape index (κ1) is 52.4. The lowest BCUT2D eigenvalue weighted by molar-refractivity contribution is -0.143. The first-order valence-corrected chi connectivity index (χ1v) is 24.4. The highest BCUT2D eigenvalue weighted by atomic mass is 35.5. The molecule has 29 heteroatoms. The number of hydrogen-bond donors (Lipinski definition) is 2. The molecule has 1 saturated carbocycles. The van der Waals surface area contributed by atoms with E-state index in [1.807, 2.05) is 0 Å². The van der Waals surface area contributed by atoms with E-state index in [1.165, 1.54) is 13.8 Å². The fourth-order valence-corrected chi connectivity index (χ4v) is 9.20. The summed E-state index contributed by atoms with van der Waals surface area (Å²) < 4.78 is 201. The number of aliphatic carboxylic acids is 1. The number of hydrogen-bond acceptors (Lipinski definition) is 11. The van der Waals surface area contributed by atoms with Crippen molar-refractivity contribution in [1.29, 1.82) is 0 Å². The monoisotopic (exact) mass is 1070 g/mol. The maximum absolute atomic E-state index is 15.5. The quantitative estimate of drug-likeness (QED) is 0.0880. The van der Waals surface area contributed by atoms with E-state index in [4.69, 9.17) is 16.7 Å². The Bertz CT molecular complexity index is 3330. The molecule has 0 bridgehead atoms. The van der Waals surface area contributed by atoms with Crippen LogP contribution in [0.1, 0.15) is 66.1 Å². The number of benzene rings is 2. The van der Waals surface area contributed by atoms with Crippen molar-refractivity contribution in [2.24, 2.45) is 5.92 Å². The number of halogens is 11. The molecule has 0 unspecified atom stereocenters. The van der Waals surface area contributed by atoms with E-state index in [-0.39, 0.29) is 36.9 Å². The summed E-state index contributed by atoms with van der Waals surface area (Å²) in [6.45, 7) is -2.40. The minimum atomic E-state index is -5.24. The minimum Gasteiger partial charge on any atom is -0.479 e. The fraction of sp³-hybridized carbons (Fsp3) is 0.381. The van der Waals surface area contributed by atoms with Gasteiger partial charge in [0.25, 0.3) is 5.92 Å². The topological polar surface area (TPSA) is 213 Å². The van der Waals surface area contributed by atoms with Crippen LogP contribution >= 0.6 is 11.6 Å². The molecule has 0 radical (unpaired) electrons. The number of rotatable bonds is 13. The number of alkyl halides is 8. The van der Waals surface area contributed by atoms with E-state index < -0.39 is 166 Å². The second-order valence-corrected chi connectivity index (χ2v) is 21.8. The molecule has 0 saturated heterocycles. The summed E-state index contributed by atoms with van der Waals surface area (Å²) in [5.41, 5.74) is -6.34. The van der Waals surface area contributed by atoms with Gasteiger partial charge < -0.3 is 15.2 Å². The molecule has 16 nitrogen and oxygen atoms in total. The normalized spacial score (nSPS) is 16.9. The molecular weight excluding hydrogens is 1040 g/mol. The number of anilines is 1. The van der Waals surface area contributed by atoms with Gasteiger partial charge in [0, 0.05) is 34.9 Å². The number of nitrogens with one attached hydrogen (secondary N) is 1. The lowest BCUT2D eigenvalue weighted by atomic mass is 9.93. The Balaban J connectivity index is 1.49. The molecule has 7 rings (SSSR count). The maximum atomic E-state index is 15.5. The molecule has 0 spiro atoms. The van der Waals surface area contributed by atoms with Crippen molar-refractivity contribution >= 4 is 66.2 Å². The first-order valence-electron chi connectivity index (χ1n) is 20.3. The molecule has 2 amide bonds. The number of sulfone groups is 1. The number of aromatic nitrogens is 5. The van der Waals surface area contributed by atoms with Gasteiger partial charge in [-0.25, -0.2) is 40.2 Å². The standard InChI is InChI=1S/C42H34ClF10N7O9S2/c1-39(2,70(3,65)66)10-9-22-5-6-23(24-7-8-27(43)32-34(24)59(18-40(46,47)48)57-37(32)60(71(4,67)68)38(64)69-17-30(62)63)33(54-22)28(13-19-11-20(44)14-21(45)12-19)55-29(61)16-58-36-31(35(56-58)42(51,52)53)25-15-26(25)41(36,49)50/h5-8,11-12,14,25-26,28H,13,15-18H2,1-4H3,(H,55,61)(H,62,63)/t25-,26+,28-/m0/s1. The van der Waals surface area contributed by atoms with Crippen LogP contribution in [0, 0.1) is 29.4 Å². The van der Waals surface area contributed by atoms with E-state index >= 15 is 8.78 Å². The second kappa shape index (κ2) is 18.0. The third kappa shape index (κ3) is 10.6. The predicted molar refractivity (Wildman–Crippen MR) is 229 cm³/mol. The highest BCUT2D eigenvalue weighted by Crippen LogP contribution is 2.68. The molecule has 2 N–H and O–H groups in total. The number of pyridine rings is 1. The molecule has 380 valence electrons. The van der Waals surface area contributed by atoms with Crippen LogP contribution in [0.5, 0.6) is 0 Å². The van der Waals surface area contributed by atoms with Crippen LogP contribution in [0.2, 0.25) is 5.02 Å². The lowest BCUT2D eigenvalue weighted by Gasteiger charge is -2.23. The van der Waals surface area contributed by atoms with Crippen molar-refractivity contribution in [3.63, 3.8) is 0 Å². The Labute approximate surface area is 399 Å². The molecule has 3 aromatic heterocycles. The maximum Gasteiger partial charge on any atom is 0.435 e. The van der Waals surface area contributed by atoms with Crippen molar-refractivity contribution in [1.82, 2.24) is 29.9 Å². The molecule has 1 fully saturated rings. The fourth-order valence-electron chi connectivity index (χ4n) is 7.96. The van der Waals surface area contributed by atoms with Crippen molar-refractivity contribution in [3.05, 3.63) is 93.0 Å². The smallest absolute Gasteiger partial charge is 0.435 e. The minimum absolute atomic E-state index is 0.150. The Hall–Kier alpha value is -6.47. The highest BCUT2D eigenvalue weighted by molar-refractivity contribution is 7.93. The van der Waals surface area contributed by atoms with E-state index in [1.54, 1.807) is 0 Å². The summed E-state index contributed by atoms with van der Waals surface area (Å²) in [7, 11) is -8.91. The molecule has 71 heavy (non-hydrogen) atoms. The van der Waals surface area contributed by atoms with Gasteiger partial charge in [0.15, 0.2) is 28.0 Å². The van der Waals surface area contributed by atoms with Gasteiger partial charge in [-0.15, -0.1) is 0 Å². The van der Waals surface area contributed by atoms with Gasteiger partial charge in [0.05, 0.1) is 33.9 Å². The van der Waals surface area contributed by atoms with Crippen LogP contribution in [-0.2, 0) is 65.8 Å². The number of carbonyl (C=O) groups is 3. The van der Waals surface area contributed by atoms with E-state index in [0.717, 1.165) is 42.7 Å². The molecule has 2 aliphatic carbocycles. The van der Waals surface area contributed by atoms with Crippen LogP contribution in [0.25, 0.3) is 22.0 Å².